The molecule has 0 rings (SSSR count). The molecule has 1 nitrogen and oxygen atoms in total. The quantitative estimate of drug-likeness (QED) is 0.728. The monoisotopic (exact) mass is 279 g/mol. The molecule has 0 spiro atoms. The summed E-state index contributed by atoms with van der Waals surface area (Å²) in [5.74, 6) is 0. The molecule has 4 heteroatoms. The fourth-order valence-corrected chi connectivity index (χ4v) is 0. The highest BCUT2D eigenvalue weighted by Gasteiger charge is 2.32. The molecular formula is C9H24BrMgOSi+2. The number of rotatable bonds is 1. The molecule has 0 aromatic rings. The van der Waals surface area contributed by atoms with Crippen LogP contribution in [-0.4, -0.2) is 34.8 Å². The van der Waals surface area contributed by atoms with E-state index < -0.39 is 8.32 Å². The first-order chi connectivity index (χ1) is 5.16. The predicted molar refractivity (Wildman–Crippen MR) is 70.6 cm³/mol. The van der Waals surface area contributed by atoms with Crippen molar-refractivity contribution >= 4 is 47.0 Å². The van der Waals surface area contributed by atoms with Crippen LogP contribution in [0.25, 0.3) is 0 Å². The Morgan fingerprint density at radius 2 is 1.38 bits per heavy atom. The van der Waals surface area contributed by atoms with Crippen molar-refractivity contribution in [1.82, 2.24) is 0 Å². The summed E-state index contributed by atoms with van der Waals surface area (Å²) in [5, 5.41) is 0.132. The maximum atomic E-state index is 9.49. The molecular weight excluding hydrogens is 256 g/mol. The number of hydrogen-bond donors (Lipinski definition) is 1. The minimum absolute atomic E-state index is 0. The van der Waals surface area contributed by atoms with Gasteiger partial charge in [0.15, 0.2) is 8.32 Å². The summed E-state index contributed by atoms with van der Waals surface area (Å²) in [4.78, 5) is 9.49. The Kier molecular flexibility index (Phi) is 13.3. The second-order valence-electron chi connectivity index (χ2n) is 4.66. The Hall–Kier alpha value is 1.42. The van der Waals surface area contributed by atoms with E-state index in [2.05, 4.69) is 27.7 Å². The molecule has 0 atom stereocenters. The molecule has 0 bridgehead atoms. The van der Waals surface area contributed by atoms with Gasteiger partial charge < -0.3 is 4.80 Å². The Morgan fingerprint density at radius 1 is 1.23 bits per heavy atom. The van der Waals surface area contributed by atoms with Crippen LogP contribution in [0.5, 0.6) is 0 Å². The highest BCUT2D eigenvalue weighted by Crippen LogP contribution is 2.33. The van der Waals surface area contributed by atoms with Gasteiger partial charge in [-0.2, -0.15) is 0 Å². The maximum absolute atomic E-state index is 9.49. The van der Waals surface area contributed by atoms with Crippen molar-refractivity contribution in [3.63, 3.8) is 0 Å². The van der Waals surface area contributed by atoms with Gasteiger partial charge in [-0.3, -0.25) is 0 Å². The van der Waals surface area contributed by atoms with Crippen LogP contribution in [0.4, 0.5) is 0 Å². The SMILES string of the molecule is Br.CC(C)(C)[Si](C)(C)O.CC[CH2][Mg+2]. The third-order valence-corrected chi connectivity index (χ3v) is 6.57. The van der Waals surface area contributed by atoms with E-state index in [0.29, 0.717) is 0 Å². The zero-order valence-corrected chi connectivity index (χ0v) is 14.1. The normalized spacial score (nSPS) is 11.1. The first-order valence-electron chi connectivity index (χ1n) is 4.68. The first-order valence-corrected chi connectivity index (χ1v) is 8.63. The van der Waals surface area contributed by atoms with Crippen molar-refractivity contribution in [3.8, 4) is 0 Å². The van der Waals surface area contributed by atoms with E-state index in [1.807, 2.05) is 34.8 Å². The molecule has 0 aliphatic heterocycles. The van der Waals surface area contributed by atoms with E-state index >= 15 is 0 Å². The van der Waals surface area contributed by atoms with Crippen molar-refractivity contribution in [2.75, 3.05) is 0 Å². The fraction of sp³-hybridized carbons (Fsp3) is 1.00. The molecule has 0 aromatic heterocycles. The zero-order valence-electron chi connectivity index (χ0n) is 9.98. The van der Waals surface area contributed by atoms with E-state index in [9.17, 15) is 4.80 Å². The van der Waals surface area contributed by atoms with Crippen molar-refractivity contribution in [1.29, 1.82) is 0 Å². The molecule has 0 fully saturated rings. The van der Waals surface area contributed by atoms with Gasteiger partial charge in [0, 0.05) is 6.42 Å². The zero-order chi connectivity index (χ0) is 10.4. The molecule has 0 heterocycles. The van der Waals surface area contributed by atoms with Crippen LogP contribution in [0.15, 0.2) is 0 Å². The fourth-order valence-electron chi connectivity index (χ4n) is 0. The van der Waals surface area contributed by atoms with E-state index in [4.69, 9.17) is 0 Å². The van der Waals surface area contributed by atoms with E-state index in [0.717, 1.165) is 0 Å². The molecule has 0 saturated heterocycles. The van der Waals surface area contributed by atoms with Crippen molar-refractivity contribution in [2.45, 2.75) is 56.8 Å². The van der Waals surface area contributed by atoms with Gasteiger partial charge in [0.25, 0.3) is 4.55 Å². The van der Waals surface area contributed by atoms with Gasteiger partial charge in [-0.25, -0.2) is 0 Å². The molecule has 7 radical (unpaired) electrons. The molecule has 0 saturated carbocycles. The van der Waals surface area contributed by atoms with Crippen molar-refractivity contribution in [3.05, 3.63) is 0 Å². The van der Waals surface area contributed by atoms with Crippen LogP contribution >= 0.6 is 17.0 Å². The third-order valence-electron chi connectivity index (χ3n) is 2.19. The van der Waals surface area contributed by atoms with Gasteiger partial charge in [0.05, 0.1) is 0 Å². The van der Waals surface area contributed by atoms with Crippen LogP contribution < -0.4 is 0 Å². The minimum atomic E-state index is -1.86. The number of halogens is 1. The lowest BCUT2D eigenvalue weighted by Crippen LogP contribution is -2.36. The molecule has 0 unspecified atom stereocenters. The van der Waals surface area contributed by atoms with Crippen LogP contribution in [-0.2, 0) is 0 Å². The Labute approximate surface area is 108 Å². The Balaban J connectivity index is -0.000000173. The van der Waals surface area contributed by atoms with Crippen molar-refractivity contribution in [2.24, 2.45) is 0 Å². The lowest BCUT2D eigenvalue weighted by molar-refractivity contribution is 0.487. The molecule has 1 N–H and O–H groups in total. The average molecular weight is 281 g/mol. The lowest BCUT2D eigenvalue weighted by Gasteiger charge is -2.30. The molecule has 0 aliphatic carbocycles. The topological polar surface area (TPSA) is 20.2 Å². The Morgan fingerprint density at radius 3 is 1.38 bits per heavy atom. The smallest absolute Gasteiger partial charge is 0.432 e. The van der Waals surface area contributed by atoms with Crippen LogP contribution in [0, 0.1) is 0 Å². The summed E-state index contributed by atoms with van der Waals surface area (Å²) in [5.41, 5.74) is 0. The Bertz CT molecular complexity index is 93.2. The van der Waals surface area contributed by atoms with Crippen LogP contribution in [0.3, 0.4) is 0 Å². The second-order valence-corrected chi connectivity index (χ2v) is 9.99. The van der Waals surface area contributed by atoms with Gasteiger partial charge in [-0.15, -0.1) is 17.0 Å². The summed E-state index contributed by atoms with van der Waals surface area (Å²) < 4.78 is 1.35. The standard InChI is InChI=1S/C6H16OSi.C3H7.BrH.Mg/c1-6(2,3)8(4,5)7;1-3-2;;/h7H,1-5H3;1,3H2,2H3;1H;/q;;;+2. The third kappa shape index (κ3) is 13.4. The largest absolute Gasteiger partial charge is 1.41 e. The summed E-state index contributed by atoms with van der Waals surface area (Å²) in [6.45, 7) is 12.4. The van der Waals surface area contributed by atoms with Crippen LogP contribution in [0.2, 0.25) is 22.7 Å². The van der Waals surface area contributed by atoms with Gasteiger partial charge >= 0.3 is 21.7 Å². The van der Waals surface area contributed by atoms with Gasteiger partial charge in [-0.1, -0.05) is 27.7 Å². The van der Waals surface area contributed by atoms with E-state index in [1.54, 1.807) is 0 Å². The second kappa shape index (κ2) is 8.71. The summed E-state index contributed by atoms with van der Waals surface area (Å²) >= 11 is 2.02. The lowest BCUT2D eigenvalue weighted by atomic mass is 10.2. The van der Waals surface area contributed by atoms with Gasteiger partial charge in [0.1, 0.15) is 0 Å². The average Bonchev–Trinajstić information content (AvgIpc) is 1.84. The summed E-state index contributed by atoms with van der Waals surface area (Å²) in [6, 6.07) is 0. The molecule has 0 aliphatic rings. The molecule has 13 heavy (non-hydrogen) atoms. The highest BCUT2D eigenvalue weighted by molar-refractivity contribution is 8.93. The summed E-state index contributed by atoms with van der Waals surface area (Å²) in [7, 11) is -1.86. The first kappa shape index (κ1) is 19.9. The van der Waals surface area contributed by atoms with Gasteiger partial charge in [0.2, 0.25) is 0 Å². The van der Waals surface area contributed by atoms with E-state index in [-0.39, 0.29) is 22.0 Å². The minimum Gasteiger partial charge on any atom is -0.432 e. The predicted octanol–water partition coefficient (Wildman–Crippen LogP) is 3.55. The number of hydrogen-bond acceptors (Lipinski definition) is 1. The highest BCUT2D eigenvalue weighted by atomic mass is 79.9. The molecule has 0 amide bonds. The molecule has 0 aromatic carbocycles. The maximum Gasteiger partial charge on any atom is 1.41 e. The van der Waals surface area contributed by atoms with E-state index in [1.165, 1.54) is 11.0 Å². The summed E-state index contributed by atoms with van der Waals surface area (Å²) in [6.07, 6.45) is 1.33. The molecule has 77 valence electrons. The van der Waals surface area contributed by atoms with Crippen LogP contribution in [0.1, 0.15) is 34.1 Å². The van der Waals surface area contributed by atoms with Crippen molar-refractivity contribution < 1.29 is 4.80 Å². The van der Waals surface area contributed by atoms with Gasteiger partial charge in [-0.05, 0) is 18.1 Å².